The SMILES string of the molecule is CCCCC(=O)NC[C@H](c1cccnc1)S(=O)(=O)c1ccc(Cl)cc1. The van der Waals surface area contributed by atoms with Crippen LogP contribution in [0.1, 0.15) is 37.0 Å². The Morgan fingerprint density at radius 2 is 1.96 bits per heavy atom. The van der Waals surface area contributed by atoms with Gasteiger partial charge >= 0.3 is 0 Å². The molecule has 0 fully saturated rings. The van der Waals surface area contributed by atoms with Gasteiger partial charge in [0, 0.05) is 30.4 Å². The molecule has 0 saturated carbocycles. The van der Waals surface area contributed by atoms with Crippen molar-refractivity contribution in [3.8, 4) is 0 Å². The monoisotopic (exact) mass is 380 g/mol. The molecular weight excluding hydrogens is 360 g/mol. The zero-order valence-corrected chi connectivity index (χ0v) is 15.6. The van der Waals surface area contributed by atoms with E-state index in [1.807, 2.05) is 6.92 Å². The molecule has 25 heavy (non-hydrogen) atoms. The van der Waals surface area contributed by atoms with Gasteiger partial charge in [-0.05, 0) is 42.3 Å². The van der Waals surface area contributed by atoms with Crippen LogP contribution in [-0.4, -0.2) is 25.9 Å². The number of hydrogen-bond acceptors (Lipinski definition) is 4. The van der Waals surface area contributed by atoms with Gasteiger partial charge in [0.05, 0.1) is 4.90 Å². The highest BCUT2D eigenvalue weighted by molar-refractivity contribution is 7.91. The third-order valence-electron chi connectivity index (χ3n) is 3.81. The molecule has 0 spiro atoms. The molecule has 1 atom stereocenters. The smallest absolute Gasteiger partial charge is 0.220 e. The lowest BCUT2D eigenvalue weighted by molar-refractivity contribution is -0.121. The molecular formula is C18H21ClN2O3S. The van der Waals surface area contributed by atoms with Crippen molar-refractivity contribution in [1.29, 1.82) is 0 Å². The minimum atomic E-state index is -3.70. The number of sulfone groups is 1. The Kier molecular flexibility index (Phi) is 6.96. The van der Waals surface area contributed by atoms with E-state index >= 15 is 0 Å². The Balaban J connectivity index is 2.28. The number of amides is 1. The van der Waals surface area contributed by atoms with Crippen molar-refractivity contribution in [2.75, 3.05) is 6.54 Å². The van der Waals surface area contributed by atoms with Crippen LogP contribution in [0.5, 0.6) is 0 Å². The zero-order chi connectivity index (χ0) is 18.3. The zero-order valence-electron chi connectivity index (χ0n) is 14.0. The number of aromatic nitrogens is 1. The van der Waals surface area contributed by atoms with E-state index in [0.29, 0.717) is 17.0 Å². The number of carbonyl (C=O) groups is 1. The van der Waals surface area contributed by atoms with Crippen LogP contribution in [0.15, 0.2) is 53.7 Å². The number of rotatable bonds is 8. The number of hydrogen-bond donors (Lipinski definition) is 1. The van der Waals surface area contributed by atoms with Crippen LogP contribution in [0, 0.1) is 0 Å². The molecule has 2 aromatic rings. The van der Waals surface area contributed by atoms with Gasteiger partial charge in [0.2, 0.25) is 5.91 Å². The van der Waals surface area contributed by atoms with E-state index in [2.05, 4.69) is 10.3 Å². The minimum absolute atomic E-state index is 0.000793. The number of nitrogens with zero attached hydrogens (tertiary/aromatic N) is 1. The van der Waals surface area contributed by atoms with E-state index in [9.17, 15) is 13.2 Å². The average molecular weight is 381 g/mol. The maximum atomic E-state index is 13.0. The first-order valence-electron chi connectivity index (χ1n) is 8.11. The van der Waals surface area contributed by atoms with Gasteiger partial charge in [0.15, 0.2) is 9.84 Å². The molecule has 5 nitrogen and oxygen atoms in total. The van der Waals surface area contributed by atoms with Gasteiger partial charge in [0.25, 0.3) is 0 Å². The summed E-state index contributed by atoms with van der Waals surface area (Å²) in [6.07, 6.45) is 5.15. The summed E-state index contributed by atoms with van der Waals surface area (Å²) in [4.78, 5) is 16.1. The van der Waals surface area contributed by atoms with E-state index in [-0.39, 0.29) is 17.3 Å². The molecule has 7 heteroatoms. The topological polar surface area (TPSA) is 76.1 Å². The number of benzene rings is 1. The summed E-state index contributed by atoms with van der Waals surface area (Å²) in [6.45, 7) is 2.00. The maximum Gasteiger partial charge on any atom is 0.220 e. The standard InChI is InChI=1S/C18H21ClN2O3S/c1-2-3-6-18(22)21-13-17(14-5-4-11-20-12-14)25(23,24)16-9-7-15(19)8-10-16/h4-5,7-12,17H,2-3,6,13H2,1H3,(H,21,22)/t17-/m1/s1. The van der Waals surface area contributed by atoms with Crippen LogP contribution in [0.25, 0.3) is 0 Å². The fourth-order valence-electron chi connectivity index (χ4n) is 2.39. The Morgan fingerprint density at radius 1 is 1.24 bits per heavy atom. The number of unbranched alkanes of at least 4 members (excludes halogenated alkanes) is 1. The highest BCUT2D eigenvalue weighted by Crippen LogP contribution is 2.28. The highest BCUT2D eigenvalue weighted by Gasteiger charge is 2.29. The quantitative estimate of drug-likeness (QED) is 0.759. The molecule has 1 amide bonds. The van der Waals surface area contributed by atoms with Crippen molar-refractivity contribution in [1.82, 2.24) is 10.3 Å². The number of nitrogens with one attached hydrogen (secondary N) is 1. The van der Waals surface area contributed by atoms with Gasteiger partial charge < -0.3 is 5.32 Å². The maximum absolute atomic E-state index is 13.0. The second-order valence-corrected chi connectivity index (χ2v) is 8.25. The van der Waals surface area contributed by atoms with Crippen molar-refractivity contribution in [3.05, 3.63) is 59.4 Å². The van der Waals surface area contributed by atoms with Gasteiger partial charge in [-0.2, -0.15) is 0 Å². The van der Waals surface area contributed by atoms with Crippen molar-refractivity contribution in [2.45, 2.75) is 36.3 Å². The Bertz CT molecular complexity index is 793. The van der Waals surface area contributed by atoms with Crippen LogP contribution in [-0.2, 0) is 14.6 Å². The number of halogens is 1. The first kappa shape index (κ1) is 19.4. The summed E-state index contributed by atoms with van der Waals surface area (Å²) in [5, 5.41) is 2.28. The van der Waals surface area contributed by atoms with Crippen LogP contribution in [0.4, 0.5) is 0 Å². The van der Waals surface area contributed by atoms with Gasteiger partial charge in [0.1, 0.15) is 5.25 Å². The normalized spacial score (nSPS) is 12.6. The predicted octanol–water partition coefficient (Wildman–Crippen LogP) is 3.56. The molecule has 2 rings (SSSR count). The van der Waals surface area contributed by atoms with E-state index in [4.69, 9.17) is 11.6 Å². The van der Waals surface area contributed by atoms with E-state index in [1.165, 1.54) is 30.5 Å². The van der Waals surface area contributed by atoms with Gasteiger partial charge in [-0.1, -0.05) is 31.0 Å². The van der Waals surface area contributed by atoms with Gasteiger partial charge in [-0.3, -0.25) is 9.78 Å². The predicted molar refractivity (Wildman–Crippen MR) is 98.2 cm³/mol. The van der Waals surface area contributed by atoms with Crippen molar-refractivity contribution < 1.29 is 13.2 Å². The molecule has 0 aliphatic heterocycles. The summed E-state index contributed by atoms with van der Waals surface area (Å²) >= 11 is 5.85. The second kappa shape index (κ2) is 8.97. The molecule has 1 heterocycles. The molecule has 0 saturated heterocycles. The summed E-state index contributed by atoms with van der Waals surface area (Å²) in [5.41, 5.74) is 0.535. The van der Waals surface area contributed by atoms with E-state index in [0.717, 1.165) is 12.8 Å². The molecule has 1 aromatic carbocycles. The lowest BCUT2D eigenvalue weighted by atomic mass is 10.2. The molecule has 134 valence electrons. The summed E-state index contributed by atoms with van der Waals surface area (Å²) in [7, 11) is -3.70. The molecule has 1 N–H and O–H groups in total. The fraction of sp³-hybridized carbons (Fsp3) is 0.333. The molecule has 0 aliphatic carbocycles. The molecule has 0 unspecified atom stereocenters. The number of pyridine rings is 1. The van der Waals surface area contributed by atoms with Crippen LogP contribution in [0.3, 0.4) is 0 Å². The van der Waals surface area contributed by atoms with Crippen LogP contribution in [0.2, 0.25) is 5.02 Å². The van der Waals surface area contributed by atoms with Gasteiger partial charge in [-0.15, -0.1) is 0 Å². The Morgan fingerprint density at radius 3 is 2.56 bits per heavy atom. The van der Waals surface area contributed by atoms with Crippen molar-refractivity contribution in [2.24, 2.45) is 0 Å². The third kappa shape index (κ3) is 5.28. The Labute approximate surface area is 153 Å². The average Bonchev–Trinajstić information content (AvgIpc) is 2.61. The van der Waals surface area contributed by atoms with E-state index < -0.39 is 15.1 Å². The summed E-state index contributed by atoms with van der Waals surface area (Å²) in [6, 6.07) is 9.39. The molecule has 0 radical (unpaired) electrons. The van der Waals surface area contributed by atoms with Crippen molar-refractivity contribution in [3.63, 3.8) is 0 Å². The molecule has 0 aliphatic rings. The lowest BCUT2D eigenvalue weighted by Gasteiger charge is -2.19. The largest absolute Gasteiger partial charge is 0.354 e. The molecule has 1 aromatic heterocycles. The summed E-state index contributed by atoms with van der Waals surface area (Å²) < 4.78 is 26.1. The first-order valence-corrected chi connectivity index (χ1v) is 10.0. The second-order valence-electron chi connectivity index (χ2n) is 5.68. The fourth-order valence-corrected chi connectivity index (χ4v) is 4.16. The summed E-state index contributed by atoms with van der Waals surface area (Å²) in [5.74, 6) is -0.151. The highest BCUT2D eigenvalue weighted by atomic mass is 35.5. The first-order chi connectivity index (χ1) is 11.9. The Hall–Kier alpha value is -1.92. The van der Waals surface area contributed by atoms with Crippen molar-refractivity contribution >= 4 is 27.3 Å². The lowest BCUT2D eigenvalue weighted by Crippen LogP contribution is -2.31. The third-order valence-corrected chi connectivity index (χ3v) is 6.18. The van der Waals surface area contributed by atoms with Gasteiger partial charge in [-0.25, -0.2) is 8.42 Å². The minimum Gasteiger partial charge on any atom is -0.354 e. The van der Waals surface area contributed by atoms with Crippen LogP contribution >= 0.6 is 11.6 Å². The van der Waals surface area contributed by atoms with E-state index in [1.54, 1.807) is 18.3 Å². The number of carbonyl (C=O) groups excluding carboxylic acids is 1. The van der Waals surface area contributed by atoms with Crippen LogP contribution < -0.4 is 5.32 Å². The molecule has 0 bridgehead atoms.